The summed E-state index contributed by atoms with van der Waals surface area (Å²) >= 11 is 0. The van der Waals surface area contributed by atoms with Crippen molar-refractivity contribution >= 4 is 22.5 Å². The number of aromatic hydroxyl groups is 1. The molecule has 2 aromatic carbocycles. The van der Waals surface area contributed by atoms with Crippen LogP contribution in [0, 0.1) is 5.92 Å². The number of nitrogens with one attached hydrogen (secondary N) is 2. The lowest BCUT2D eigenvalue weighted by molar-refractivity contribution is 0.0940. The Balaban J connectivity index is 1.22. The van der Waals surface area contributed by atoms with Crippen LogP contribution in [0.1, 0.15) is 127 Å². The number of benzene rings is 2. The van der Waals surface area contributed by atoms with Crippen LogP contribution in [0.25, 0.3) is 10.8 Å². The van der Waals surface area contributed by atoms with E-state index in [2.05, 4.69) is 29.5 Å². The number of amides is 1. The Morgan fingerprint density at radius 2 is 1.33 bits per heavy atom. The Morgan fingerprint density at radius 1 is 0.795 bits per heavy atom. The van der Waals surface area contributed by atoms with Crippen molar-refractivity contribution in [1.82, 2.24) is 10.6 Å². The van der Waals surface area contributed by atoms with Crippen LogP contribution in [-0.2, 0) is 0 Å². The largest absolute Gasteiger partial charge is 0.508 e. The zero-order valence-electron chi connectivity index (χ0n) is 24.6. The van der Waals surface area contributed by atoms with Gasteiger partial charge in [0.05, 0.1) is 6.04 Å². The molecule has 5 nitrogen and oxygen atoms in total. The van der Waals surface area contributed by atoms with Gasteiger partial charge in [-0.3, -0.25) is 9.79 Å². The van der Waals surface area contributed by atoms with Gasteiger partial charge in [0, 0.05) is 24.6 Å². The molecule has 1 amide bonds. The van der Waals surface area contributed by atoms with Crippen molar-refractivity contribution in [3.8, 4) is 5.75 Å². The fourth-order valence-corrected chi connectivity index (χ4v) is 5.58. The average Bonchev–Trinajstić information content (AvgIpc) is 3.28. The second kappa shape index (κ2) is 17.9. The van der Waals surface area contributed by atoms with Gasteiger partial charge in [-0.25, -0.2) is 0 Å². The van der Waals surface area contributed by atoms with E-state index in [0.29, 0.717) is 5.56 Å². The van der Waals surface area contributed by atoms with Gasteiger partial charge in [-0.05, 0) is 41.5 Å². The van der Waals surface area contributed by atoms with Crippen molar-refractivity contribution in [1.29, 1.82) is 0 Å². The summed E-state index contributed by atoms with van der Waals surface area (Å²) in [5, 5.41) is 18.2. The smallest absolute Gasteiger partial charge is 0.251 e. The van der Waals surface area contributed by atoms with Crippen LogP contribution in [0.4, 0.5) is 0 Å². The molecule has 1 heterocycles. The molecular weight excluding hydrogens is 482 g/mol. The molecule has 0 saturated heterocycles. The summed E-state index contributed by atoms with van der Waals surface area (Å²) in [6.07, 6.45) is 22.0. The van der Waals surface area contributed by atoms with E-state index in [1.165, 1.54) is 96.3 Å². The number of fused-ring (bicyclic) bond motifs is 1. The second-order valence-electron chi connectivity index (χ2n) is 11.6. The number of amidine groups is 1. The quantitative estimate of drug-likeness (QED) is 0.158. The van der Waals surface area contributed by atoms with E-state index in [0.717, 1.165) is 36.1 Å². The molecule has 3 N–H and O–H groups in total. The summed E-state index contributed by atoms with van der Waals surface area (Å²) in [6, 6.07) is 10.7. The minimum Gasteiger partial charge on any atom is -0.508 e. The first-order valence-corrected chi connectivity index (χ1v) is 15.9. The number of nitrogens with zero attached hydrogens (tertiary/aromatic N) is 1. The molecule has 2 aromatic rings. The van der Waals surface area contributed by atoms with Crippen molar-refractivity contribution in [2.75, 3.05) is 13.1 Å². The fraction of sp³-hybridized carbons (Fsp3) is 0.647. The fourth-order valence-electron chi connectivity index (χ4n) is 5.58. The highest BCUT2D eigenvalue weighted by Crippen LogP contribution is 2.22. The molecule has 216 valence electrons. The lowest BCUT2D eigenvalue weighted by Crippen LogP contribution is -2.48. The minimum atomic E-state index is -0.0827. The molecule has 0 fully saturated rings. The molecule has 0 aliphatic carbocycles. The van der Waals surface area contributed by atoms with Crippen LogP contribution < -0.4 is 10.6 Å². The number of carbonyl (C=O) groups is 1. The standard InChI is InChI=1S/C34H53N3O2/c1-3-4-5-6-7-8-9-10-11-12-13-14-15-16-17-18-23-35-33-32(27(2)26-36-33)37-34(39)30-20-19-29-25-31(38)22-21-28(29)24-30/h19-22,24-25,27,32,38H,3-18,23,26H2,1-2H3,(H,35,36)(H,37,39). The number of hydrogen-bond donors (Lipinski definition) is 3. The maximum Gasteiger partial charge on any atom is 0.251 e. The number of unbranched alkanes of at least 4 members (excludes halogenated alkanes) is 15. The summed E-state index contributed by atoms with van der Waals surface area (Å²) in [6.45, 7) is 6.08. The van der Waals surface area contributed by atoms with Crippen LogP contribution in [-0.4, -0.2) is 36.0 Å². The van der Waals surface area contributed by atoms with Gasteiger partial charge in [-0.15, -0.1) is 0 Å². The molecule has 3 rings (SSSR count). The maximum atomic E-state index is 13.0. The van der Waals surface area contributed by atoms with E-state index in [1.807, 2.05) is 24.3 Å². The van der Waals surface area contributed by atoms with Gasteiger partial charge in [0.25, 0.3) is 5.91 Å². The molecule has 0 aromatic heterocycles. The van der Waals surface area contributed by atoms with Gasteiger partial charge in [0.2, 0.25) is 0 Å². The molecule has 0 radical (unpaired) electrons. The van der Waals surface area contributed by atoms with Crippen molar-refractivity contribution in [3.63, 3.8) is 0 Å². The zero-order chi connectivity index (χ0) is 27.7. The lowest BCUT2D eigenvalue weighted by Gasteiger charge is -2.21. The van der Waals surface area contributed by atoms with E-state index >= 15 is 0 Å². The molecule has 0 saturated carbocycles. The molecule has 2 unspecified atom stereocenters. The first-order valence-electron chi connectivity index (χ1n) is 15.9. The summed E-state index contributed by atoms with van der Waals surface area (Å²) in [5.74, 6) is 1.35. The average molecular weight is 536 g/mol. The molecule has 2 atom stereocenters. The molecule has 1 aliphatic heterocycles. The van der Waals surface area contributed by atoms with Gasteiger partial charge >= 0.3 is 0 Å². The van der Waals surface area contributed by atoms with Crippen LogP contribution in [0.15, 0.2) is 41.4 Å². The van der Waals surface area contributed by atoms with Gasteiger partial charge in [-0.1, -0.05) is 122 Å². The first-order chi connectivity index (χ1) is 19.1. The monoisotopic (exact) mass is 535 g/mol. The summed E-state index contributed by atoms with van der Waals surface area (Å²) in [5.41, 5.74) is 0.629. The van der Waals surface area contributed by atoms with Crippen molar-refractivity contribution in [2.45, 2.75) is 123 Å². The van der Waals surface area contributed by atoms with Crippen LogP contribution in [0.5, 0.6) is 5.75 Å². The summed E-state index contributed by atoms with van der Waals surface area (Å²) in [4.78, 5) is 17.7. The number of hydrogen-bond acceptors (Lipinski definition) is 4. The van der Waals surface area contributed by atoms with Crippen molar-refractivity contribution in [2.24, 2.45) is 10.9 Å². The van der Waals surface area contributed by atoms with Crippen molar-refractivity contribution in [3.05, 3.63) is 42.0 Å². The molecule has 39 heavy (non-hydrogen) atoms. The highest BCUT2D eigenvalue weighted by Gasteiger charge is 2.29. The Bertz CT molecular complexity index is 1020. The molecule has 0 spiro atoms. The zero-order valence-corrected chi connectivity index (χ0v) is 24.6. The molecular formula is C34H53N3O2. The molecule has 0 bridgehead atoms. The number of rotatable bonds is 19. The molecule has 5 heteroatoms. The van der Waals surface area contributed by atoms with E-state index < -0.39 is 0 Å². The summed E-state index contributed by atoms with van der Waals surface area (Å²) < 4.78 is 0. The third-order valence-corrected chi connectivity index (χ3v) is 8.12. The van der Waals surface area contributed by atoms with Crippen LogP contribution in [0.3, 0.4) is 0 Å². The van der Waals surface area contributed by atoms with Gasteiger partial charge < -0.3 is 15.7 Å². The normalized spacial score (nSPS) is 16.9. The predicted octanol–water partition coefficient (Wildman–Crippen LogP) is 8.54. The minimum absolute atomic E-state index is 0.0749. The number of phenolic OH excluding ortho intramolecular Hbond substituents is 1. The highest BCUT2D eigenvalue weighted by molar-refractivity contribution is 6.02. The number of phenols is 1. The third kappa shape index (κ3) is 11.2. The van der Waals surface area contributed by atoms with E-state index in [9.17, 15) is 9.90 Å². The maximum absolute atomic E-state index is 13.0. The SMILES string of the molecule is CCCCCCCCCCCCCCCCCCNC1=NCC(C)C1NC(=O)c1ccc2cc(O)ccc2c1. The molecule has 1 aliphatic rings. The first kappa shape index (κ1) is 31.0. The second-order valence-corrected chi connectivity index (χ2v) is 11.6. The topological polar surface area (TPSA) is 73.7 Å². The predicted molar refractivity (Wildman–Crippen MR) is 166 cm³/mol. The Hall–Kier alpha value is -2.56. The van der Waals surface area contributed by atoms with Gasteiger partial charge in [-0.2, -0.15) is 0 Å². The van der Waals surface area contributed by atoms with Crippen molar-refractivity contribution < 1.29 is 9.90 Å². The Labute approximate surface area is 237 Å². The van der Waals surface area contributed by atoms with Crippen LogP contribution >= 0.6 is 0 Å². The van der Waals surface area contributed by atoms with Gasteiger partial charge in [0.15, 0.2) is 0 Å². The summed E-state index contributed by atoms with van der Waals surface area (Å²) in [7, 11) is 0. The highest BCUT2D eigenvalue weighted by atomic mass is 16.3. The Morgan fingerprint density at radius 3 is 1.95 bits per heavy atom. The number of aliphatic imine (C=N–C) groups is 1. The van der Waals surface area contributed by atoms with E-state index in [1.54, 1.807) is 12.1 Å². The third-order valence-electron chi connectivity index (χ3n) is 8.12. The van der Waals surface area contributed by atoms with E-state index in [-0.39, 0.29) is 23.6 Å². The van der Waals surface area contributed by atoms with Gasteiger partial charge in [0.1, 0.15) is 11.6 Å². The van der Waals surface area contributed by atoms with Crippen LogP contribution in [0.2, 0.25) is 0 Å². The number of carbonyl (C=O) groups excluding carboxylic acids is 1. The van der Waals surface area contributed by atoms with E-state index in [4.69, 9.17) is 0 Å². The lowest BCUT2D eigenvalue weighted by atomic mass is 10.0. The Kier molecular flexibility index (Phi) is 14.2.